The Morgan fingerprint density at radius 2 is 2.00 bits per heavy atom. The monoisotopic (exact) mass is 288 g/mol. The predicted octanol–water partition coefficient (Wildman–Crippen LogP) is 1.06. The number of aromatic carboxylic acids is 1. The minimum absolute atomic E-state index is 0.0923. The van der Waals surface area contributed by atoms with Gasteiger partial charge in [-0.3, -0.25) is 9.48 Å². The third-order valence-electron chi connectivity index (χ3n) is 3.10. The van der Waals surface area contributed by atoms with Gasteiger partial charge in [-0.25, -0.2) is 9.78 Å². The van der Waals surface area contributed by atoms with Crippen LogP contribution in [0.4, 0.5) is 0 Å². The first-order valence-electron chi connectivity index (χ1n) is 6.36. The highest BCUT2D eigenvalue weighted by Crippen LogP contribution is 2.08. The smallest absolute Gasteiger partial charge is 0.337 e. The summed E-state index contributed by atoms with van der Waals surface area (Å²) in [5.74, 6) is -1.41. The molecule has 2 aromatic heterocycles. The van der Waals surface area contributed by atoms with Gasteiger partial charge in [-0.1, -0.05) is 0 Å². The average molecular weight is 288 g/mol. The molecule has 0 fully saturated rings. The van der Waals surface area contributed by atoms with Crippen molar-refractivity contribution in [1.82, 2.24) is 20.1 Å². The summed E-state index contributed by atoms with van der Waals surface area (Å²) in [5.41, 5.74) is 2.37. The van der Waals surface area contributed by atoms with Crippen molar-refractivity contribution in [2.45, 2.75) is 20.4 Å². The highest BCUT2D eigenvalue weighted by atomic mass is 16.4. The van der Waals surface area contributed by atoms with E-state index in [1.54, 1.807) is 11.6 Å². The number of amides is 1. The number of hydrogen-bond acceptors (Lipinski definition) is 4. The minimum Gasteiger partial charge on any atom is -0.478 e. The van der Waals surface area contributed by atoms with Gasteiger partial charge in [0, 0.05) is 25.4 Å². The van der Waals surface area contributed by atoms with E-state index in [2.05, 4.69) is 15.4 Å². The van der Waals surface area contributed by atoms with Gasteiger partial charge in [0.15, 0.2) is 0 Å². The van der Waals surface area contributed by atoms with E-state index in [4.69, 9.17) is 5.11 Å². The van der Waals surface area contributed by atoms with Crippen LogP contribution < -0.4 is 5.32 Å². The van der Waals surface area contributed by atoms with Gasteiger partial charge in [0.2, 0.25) is 0 Å². The van der Waals surface area contributed by atoms with E-state index in [0.29, 0.717) is 12.2 Å². The van der Waals surface area contributed by atoms with Crippen LogP contribution >= 0.6 is 0 Å². The molecule has 0 saturated carbocycles. The van der Waals surface area contributed by atoms with Crippen LogP contribution in [0.1, 0.15) is 37.8 Å². The maximum Gasteiger partial charge on any atom is 0.337 e. The van der Waals surface area contributed by atoms with Crippen molar-refractivity contribution in [2.75, 3.05) is 0 Å². The van der Waals surface area contributed by atoms with Gasteiger partial charge in [-0.2, -0.15) is 5.10 Å². The highest BCUT2D eigenvalue weighted by molar-refractivity contribution is 5.94. The first kappa shape index (κ1) is 14.7. The summed E-state index contributed by atoms with van der Waals surface area (Å²) < 4.78 is 1.68. The number of carbonyl (C=O) groups excluding carboxylic acids is 1. The molecule has 2 aromatic rings. The Bertz CT molecular complexity index is 706. The molecule has 0 aliphatic rings. The molecule has 2 N–H and O–H groups in total. The number of carboxylic acid groups (broad SMARTS) is 1. The topological polar surface area (TPSA) is 97.1 Å². The Hall–Kier alpha value is -2.70. The lowest BCUT2D eigenvalue weighted by Crippen LogP contribution is -2.24. The molecule has 21 heavy (non-hydrogen) atoms. The van der Waals surface area contributed by atoms with E-state index in [1.165, 1.54) is 12.1 Å². The summed E-state index contributed by atoms with van der Waals surface area (Å²) in [4.78, 5) is 26.9. The van der Waals surface area contributed by atoms with Crippen LogP contribution in [0.15, 0.2) is 18.3 Å². The molecule has 7 heteroatoms. The molecule has 0 atom stereocenters. The van der Waals surface area contributed by atoms with Gasteiger partial charge >= 0.3 is 5.97 Å². The van der Waals surface area contributed by atoms with Gasteiger partial charge in [0.05, 0.1) is 17.0 Å². The molecule has 0 saturated heterocycles. The van der Waals surface area contributed by atoms with Crippen molar-refractivity contribution in [1.29, 1.82) is 0 Å². The van der Waals surface area contributed by atoms with Crippen LogP contribution in [0, 0.1) is 13.8 Å². The molecule has 0 radical (unpaired) electrons. The van der Waals surface area contributed by atoms with Crippen LogP contribution in [-0.4, -0.2) is 31.7 Å². The Morgan fingerprint density at radius 3 is 2.52 bits per heavy atom. The van der Waals surface area contributed by atoms with Crippen LogP contribution in [0.3, 0.4) is 0 Å². The van der Waals surface area contributed by atoms with E-state index >= 15 is 0 Å². The predicted molar refractivity (Wildman–Crippen MR) is 75.0 cm³/mol. The summed E-state index contributed by atoms with van der Waals surface area (Å²) in [6.07, 6.45) is 1.84. The molecule has 0 spiro atoms. The average Bonchev–Trinajstić information content (AvgIpc) is 2.73. The summed E-state index contributed by atoms with van der Waals surface area (Å²) in [5, 5.41) is 15.9. The first-order valence-corrected chi connectivity index (χ1v) is 6.36. The van der Waals surface area contributed by atoms with Gasteiger partial charge in [0.25, 0.3) is 5.91 Å². The minimum atomic E-state index is -1.06. The zero-order valence-electron chi connectivity index (χ0n) is 12.0. The summed E-state index contributed by atoms with van der Waals surface area (Å²) >= 11 is 0. The van der Waals surface area contributed by atoms with Crippen LogP contribution in [0.25, 0.3) is 0 Å². The zero-order chi connectivity index (χ0) is 15.6. The highest BCUT2D eigenvalue weighted by Gasteiger charge is 2.13. The van der Waals surface area contributed by atoms with Gasteiger partial charge in [-0.15, -0.1) is 0 Å². The third kappa shape index (κ3) is 3.25. The number of rotatable bonds is 4. The number of aromatic nitrogens is 3. The Kier molecular flexibility index (Phi) is 4.02. The fraction of sp³-hybridized carbons (Fsp3) is 0.286. The van der Waals surface area contributed by atoms with Crippen molar-refractivity contribution in [3.63, 3.8) is 0 Å². The maximum absolute atomic E-state index is 12.0. The molecule has 2 heterocycles. The summed E-state index contributed by atoms with van der Waals surface area (Å²) in [6, 6.07) is 2.79. The number of carboxylic acids is 1. The normalized spacial score (nSPS) is 10.4. The number of hydrogen-bond donors (Lipinski definition) is 2. The SMILES string of the molecule is Cc1nn(C)cc1CNC(=O)c1ccc(C(=O)O)c(C)n1. The molecule has 2 rings (SSSR count). The molecule has 0 aliphatic heterocycles. The zero-order valence-corrected chi connectivity index (χ0v) is 12.0. The summed E-state index contributed by atoms with van der Waals surface area (Å²) in [7, 11) is 1.81. The number of nitrogens with zero attached hydrogens (tertiary/aromatic N) is 3. The van der Waals surface area contributed by atoms with Gasteiger partial charge < -0.3 is 10.4 Å². The molecule has 0 aliphatic carbocycles. The number of pyridine rings is 1. The second kappa shape index (κ2) is 5.74. The largest absolute Gasteiger partial charge is 0.478 e. The van der Waals surface area contributed by atoms with Gasteiger partial charge in [-0.05, 0) is 26.0 Å². The molecular weight excluding hydrogens is 272 g/mol. The van der Waals surface area contributed by atoms with Crippen LogP contribution in [-0.2, 0) is 13.6 Å². The molecule has 7 nitrogen and oxygen atoms in total. The van der Waals surface area contributed by atoms with E-state index < -0.39 is 5.97 Å². The first-order chi connectivity index (χ1) is 9.88. The van der Waals surface area contributed by atoms with Gasteiger partial charge in [0.1, 0.15) is 5.69 Å². The van der Waals surface area contributed by atoms with Crippen molar-refractivity contribution < 1.29 is 14.7 Å². The molecule has 110 valence electrons. The fourth-order valence-corrected chi connectivity index (χ4v) is 2.00. The second-order valence-corrected chi connectivity index (χ2v) is 4.73. The van der Waals surface area contributed by atoms with Crippen molar-refractivity contribution in [3.8, 4) is 0 Å². The molecule has 1 amide bonds. The molecular formula is C14H16N4O3. The van der Waals surface area contributed by atoms with Crippen LogP contribution in [0.2, 0.25) is 0 Å². The van der Waals surface area contributed by atoms with Crippen LogP contribution in [0.5, 0.6) is 0 Å². The quantitative estimate of drug-likeness (QED) is 0.876. The number of nitrogens with one attached hydrogen (secondary N) is 1. The molecule has 0 bridgehead atoms. The summed E-state index contributed by atoms with van der Waals surface area (Å²) in [6.45, 7) is 3.77. The maximum atomic E-state index is 12.0. The van der Waals surface area contributed by atoms with E-state index in [-0.39, 0.29) is 17.2 Å². The fourth-order valence-electron chi connectivity index (χ4n) is 2.00. The Balaban J connectivity index is 2.09. The third-order valence-corrected chi connectivity index (χ3v) is 3.10. The lowest BCUT2D eigenvalue weighted by Gasteiger charge is -2.06. The Morgan fingerprint density at radius 1 is 1.29 bits per heavy atom. The van der Waals surface area contributed by atoms with Crippen molar-refractivity contribution in [3.05, 3.63) is 46.5 Å². The van der Waals surface area contributed by atoms with Crippen molar-refractivity contribution >= 4 is 11.9 Å². The molecule has 0 unspecified atom stereocenters. The second-order valence-electron chi connectivity index (χ2n) is 4.73. The van der Waals surface area contributed by atoms with E-state index in [1.807, 2.05) is 20.2 Å². The number of carbonyl (C=O) groups is 2. The van der Waals surface area contributed by atoms with E-state index in [0.717, 1.165) is 11.3 Å². The molecule has 0 aromatic carbocycles. The standard InChI is InChI=1S/C14H16N4O3/c1-8-10(7-18(3)17-8)6-15-13(19)12-5-4-11(14(20)21)9(2)16-12/h4-5,7H,6H2,1-3H3,(H,15,19)(H,20,21). The van der Waals surface area contributed by atoms with E-state index in [9.17, 15) is 9.59 Å². The Labute approximate surface area is 121 Å². The lowest BCUT2D eigenvalue weighted by atomic mass is 10.2. The lowest BCUT2D eigenvalue weighted by molar-refractivity contribution is 0.0694. The van der Waals surface area contributed by atoms with Crippen molar-refractivity contribution in [2.24, 2.45) is 7.05 Å². The number of aryl methyl sites for hydroxylation is 3.